The molecule has 0 unspecified atom stereocenters. The number of imidazole rings is 1. The number of aryl methyl sites for hydroxylation is 1. The lowest BCUT2D eigenvalue weighted by Gasteiger charge is -2.28. The van der Waals surface area contributed by atoms with E-state index in [1.54, 1.807) is 11.6 Å². The molecule has 1 aromatic carbocycles. The second kappa shape index (κ2) is 7.40. The summed E-state index contributed by atoms with van der Waals surface area (Å²) in [7, 11) is 1.75. The van der Waals surface area contributed by atoms with Crippen LogP contribution < -0.4 is 21.1 Å². The van der Waals surface area contributed by atoms with E-state index in [0.717, 1.165) is 37.7 Å². The molecule has 0 bridgehead atoms. The van der Waals surface area contributed by atoms with Gasteiger partial charge in [-0.15, -0.1) is 0 Å². The average Bonchev–Trinajstić information content (AvgIpc) is 3.09. The van der Waals surface area contributed by atoms with Crippen LogP contribution in [-0.4, -0.2) is 45.3 Å². The zero-order valence-electron chi connectivity index (χ0n) is 15.8. The van der Waals surface area contributed by atoms with Gasteiger partial charge in [-0.05, 0) is 12.5 Å². The fourth-order valence-corrected chi connectivity index (χ4v) is 3.49. The molecule has 2 N–H and O–H groups in total. The fraction of sp³-hybridized carbons (Fsp3) is 0.421. The van der Waals surface area contributed by atoms with Crippen molar-refractivity contribution in [1.29, 1.82) is 0 Å². The van der Waals surface area contributed by atoms with Crippen LogP contribution in [0.15, 0.2) is 35.1 Å². The van der Waals surface area contributed by atoms with Gasteiger partial charge < -0.3 is 20.1 Å². The van der Waals surface area contributed by atoms with Crippen LogP contribution >= 0.6 is 0 Å². The Morgan fingerprint density at radius 2 is 1.89 bits per heavy atom. The zero-order valence-corrected chi connectivity index (χ0v) is 15.8. The summed E-state index contributed by atoms with van der Waals surface area (Å²) in [6.07, 6.45) is 0. The monoisotopic (exact) mass is 367 g/mol. The Bertz CT molecular complexity index is 987. The standard InChI is InChI=1S/C19H25N7O/c1-3-26-15-16(23-19(26)25-11-9-20-10-12-25)22-18(24(2)17(15)27)21-13-14-7-5-4-6-8-14/h4-8,20H,3,9-13H2,1-2H3,(H,21,22). The molecule has 0 atom stereocenters. The molecule has 1 aliphatic heterocycles. The van der Waals surface area contributed by atoms with Crippen LogP contribution in [-0.2, 0) is 20.1 Å². The van der Waals surface area contributed by atoms with E-state index in [9.17, 15) is 4.79 Å². The van der Waals surface area contributed by atoms with Gasteiger partial charge in [-0.1, -0.05) is 30.3 Å². The van der Waals surface area contributed by atoms with Crippen molar-refractivity contribution >= 4 is 23.1 Å². The smallest absolute Gasteiger partial charge is 0.280 e. The van der Waals surface area contributed by atoms with Gasteiger partial charge in [0.1, 0.15) is 0 Å². The number of rotatable bonds is 5. The lowest BCUT2D eigenvalue weighted by molar-refractivity contribution is 0.569. The molecule has 1 aliphatic rings. The molecule has 0 radical (unpaired) electrons. The predicted octanol–water partition coefficient (Wildman–Crippen LogP) is 1.17. The van der Waals surface area contributed by atoms with E-state index in [0.29, 0.717) is 30.2 Å². The summed E-state index contributed by atoms with van der Waals surface area (Å²) in [5.41, 5.74) is 2.13. The topological polar surface area (TPSA) is 80.0 Å². The first-order valence-corrected chi connectivity index (χ1v) is 9.39. The molecule has 3 aromatic rings. The molecule has 0 saturated carbocycles. The van der Waals surface area contributed by atoms with Crippen molar-refractivity contribution in [2.45, 2.75) is 20.0 Å². The zero-order chi connectivity index (χ0) is 18.8. The minimum Gasteiger partial charge on any atom is -0.351 e. The van der Waals surface area contributed by atoms with Crippen LogP contribution in [0.5, 0.6) is 0 Å². The molecule has 0 aliphatic carbocycles. The third-order valence-corrected chi connectivity index (χ3v) is 4.98. The Kier molecular flexibility index (Phi) is 4.81. The van der Waals surface area contributed by atoms with Crippen LogP contribution in [0, 0.1) is 0 Å². The van der Waals surface area contributed by atoms with Crippen molar-refractivity contribution in [2.75, 3.05) is 36.4 Å². The molecule has 2 aromatic heterocycles. The van der Waals surface area contributed by atoms with Crippen LogP contribution in [0.2, 0.25) is 0 Å². The number of nitrogens with one attached hydrogen (secondary N) is 2. The third-order valence-electron chi connectivity index (χ3n) is 4.98. The van der Waals surface area contributed by atoms with Gasteiger partial charge in [0.25, 0.3) is 5.56 Å². The van der Waals surface area contributed by atoms with Crippen LogP contribution in [0.3, 0.4) is 0 Å². The molecule has 8 nitrogen and oxygen atoms in total. The Morgan fingerprint density at radius 1 is 1.15 bits per heavy atom. The molecule has 3 heterocycles. The lowest BCUT2D eigenvalue weighted by Crippen LogP contribution is -2.44. The molecule has 1 saturated heterocycles. The number of nitrogens with zero attached hydrogens (tertiary/aromatic N) is 5. The summed E-state index contributed by atoms with van der Waals surface area (Å²) < 4.78 is 3.55. The minimum absolute atomic E-state index is 0.0775. The first kappa shape index (κ1) is 17.5. The molecule has 4 rings (SSSR count). The molecule has 8 heteroatoms. The summed E-state index contributed by atoms with van der Waals surface area (Å²) in [5.74, 6) is 1.36. The maximum absolute atomic E-state index is 13.0. The van der Waals surface area contributed by atoms with E-state index in [4.69, 9.17) is 4.98 Å². The normalized spacial score (nSPS) is 14.7. The van der Waals surface area contributed by atoms with E-state index in [1.807, 2.05) is 41.8 Å². The highest BCUT2D eigenvalue weighted by Crippen LogP contribution is 2.21. The largest absolute Gasteiger partial charge is 0.351 e. The van der Waals surface area contributed by atoms with Crippen molar-refractivity contribution in [1.82, 2.24) is 24.4 Å². The van der Waals surface area contributed by atoms with Gasteiger partial charge in [0.2, 0.25) is 11.9 Å². The van der Waals surface area contributed by atoms with Crippen LogP contribution in [0.1, 0.15) is 12.5 Å². The molecule has 1 fully saturated rings. The van der Waals surface area contributed by atoms with E-state index in [-0.39, 0.29) is 5.56 Å². The highest BCUT2D eigenvalue weighted by Gasteiger charge is 2.22. The Hall–Kier alpha value is -2.87. The maximum Gasteiger partial charge on any atom is 0.280 e. The Labute approximate surface area is 157 Å². The molecule has 0 spiro atoms. The van der Waals surface area contributed by atoms with E-state index in [1.165, 1.54) is 0 Å². The van der Waals surface area contributed by atoms with Gasteiger partial charge in [0.05, 0.1) is 0 Å². The minimum atomic E-state index is -0.0775. The first-order chi connectivity index (χ1) is 13.2. The predicted molar refractivity (Wildman–Crippen MR) is 107 cm³/mol. The van der Waals surface area contributed by atoms with Crippen molar-refractivity contribution in [3.63, 3.8) is 0 Å². The van der Waals surface area contributed by atoms with E-state index >= 15 is 0 Å². The van der Waals surface area contributed by atoms with Gasteiger partial charge >= 0.3 is 0 Å². The number of piperazine rings is 1. The third kappa shape index (κ3) is 3.28. The Morgan fingerprint density at radius 3 is 2.59 bits per heavy atom. The first-order valence-electron chi connectivity index (χ1n) is 9.39. The number of hydrogen-bond donors (Lipinski definition) is 2. The molecule has 142 valence electrons. The summed E-state index contributed by atoms with van der Waals surface area (Å²) in [5, 5.41) is 6.61. The average molecular weight is 367 g/mol. The Balaban J connectivity index is 1.72. The molecular formula is C19H25N7O. The van der Waals surface area contributed by atoms with Gasteiger partial charge in [-0.2, -0.15) is 9.97 Å². The highest BCUT2D eigenvalue weighted by molar-refractivity contribution is 5.75. The maximum atomic E-state index is 13.0. The summed E-state index contributed by atoms with van der Waals surface area (Å²) in [6.45, 7) is 6.92. The summed E-state index contributed by atoms with van der Waals surface area (Å²) in [4.78, 5) is 24.6. The quantitative estimate of drug-likeness (QED) is 0.705. The fourth-order valence-electron chi connectivity index (χ4n) is 3.49. The highest BCUT2D eigenvalue weighted by atomic mass is 16.1. The van der Waals surface area contributed by atoms with E-state index < -0.39 is 0 Å². The summed E-state index contributed by atoms with van der Waals surface area (Å²) in [6, 6.07) is 10.1. The summed E-state index contributed by atoms with van der Waals surface area (Å²) >= 11 is 0. The number of fused-ring (bicyclic) bond motifs is 1. The SMILES string of the molecule is CCn1c(N2CCNCC2)nc2nc(NCc3ccccc3)n(C)c(=O)c21. The molecule has 0 amide bonds. The van der Waals surface area contributed by atoms with Crippen molar-refractivity contribution in [2.24, 2.45) is 7.05 Å². The second-order valence-corrected chi connectivity index (χ2v) is 6.70. The van der Waals surface area contributed by atoms with Gasteiger partial charge in [0, 0.05) is 46.3 Å². The lowest BCUT2D eigenvalue weighted by atomic mass is 10.2. The van der Waals surface area contributed by atoms with E-state index in [2.05, 4.69) is 20.5 Å². The number of benzene rings is 1. The van der Waals surface area contributed by atoms with Gasteiger partial charge in [0.15, 0.2) is 11.2 Å². The van der Waals surface area contributed by atoms with Crippen molar-refractivity contribution < 1.29 is 0 Å². The van der Waals surface area contributed by atoms with Gasteiger partial charge in [-0.25, -0.2) is 0 Å². The van der Waals surface area contributed by atoms with Crippen LogP contribution in [0.25, 0.3) is 11.2 Å². The molecule has 27 heavy (non-hydrogen) atoms. The van der Waals surface area contributed by atoms with Gasteiger partial charge in [-0.3, -0.25) is 9.36 Å². The van der Waals surface area contributed by atoms with Crippen LogP contribution in [0.4, 0.5) is 11.9 Å². The number of aromatic nitrogens is 4. The second-order valence-electron chi connectivity index (χ2n) is 6.70. The van der Waals surface area contributed by atoms with Crippen molar-refractivity contribution in [3.05, 3.63) is 46.2 Å². The number of hydrogen-bond acceptors (Lipinski definition) is 6. The molecular weight excluding hydrogens is 342 g/mol. The van der Waals surface area contributed by atoms with Crippen molar-refractivity contribution in [3.8, 4) is 0 Å². The number of anilines is 2.